The van der Waals surface area contributed by atoms with E-state index in [1.165, 1.54) is 12.1 Å². The molecule has 1 aliphatic rings. The first-order valence-corrected chi connectivity index (χ1v) is 10.2. The number of hydrogen-bond acceptors (Lipinski definition) is 5. The van der Waals surface area contributed by atoms with Gasteiger partial charge in [-0.05, 0) is 30.7 Å². The zero-order valence-corrected chi connectivity index (χ0v) is 18.2. The Morgan fingerprint density at radius 2 is 1.81 bits per heavy atom. The predicted molar refractivity (Wildman–Crippen MR) is 115 cm³/mol. The SMILES string of the molecule is COc1cc(C)c(CN2CCc3nc(-c4ccc(C(F)(F)F)cc4)ncc3C2)c(OC)c1. The molecule has 1 aromatic heterocycles. The van der Waals surface area contributed by atoms with E-state index in [1.807, 2.05) is 19.1 Å². The highest BCUT2D eigenvalue weighted by molar-refractivity contribution is 5.56. The van der Waals surface area contributed by atoms with Crippen LogP contribution in [0.15, 0.2) is 42.6 Å². The summed E-state index contributed by atoms with van der Waals surface area (Å²) in [7, 11) is 3.29. The molecule has 0 N–H and O–H groups in total. The summed E-state index contributed by atoms with van der Waals surface area (Å²) in [4.78, 5) is 11.3. The van der Waals surface area contributed by atoms with Gasteiger partial charge in [0, 0.05) is 55.0 Å². The Balaban J connectivity index is 1.51. The Labute approximate surface area is 184 Å². The van der Waals surface area contributed by atoms with Gasteiger partial charge in [-0.15, -0.1) is 0 Å². The summed E-state index contributed by atoms with van der Waals surface area (Å²) in [5, 5.41) is 0. The zero-order chi connectivity index (χ0) is 22.9. The second-order valence-corrected chi connectivity index (χ2v) is 7.83. The van der Waals surface area contributed by atoms with Gasteiger partial charge in [0.2, 0.25) is 0 Å². The maximum absolute atomic E-state index is 12.8. The van der Waals surface area contributed by atoms with Gasteiger partial charge in [-0.25, -0.2) is 9.97 Å². The first-order chi connectivity index (χ1) is 15.3. The summed E-state index contributed by atoms with van der Waals surface area (Å²) in [6, 6.07) is 8.83. The molecule has 8 heteroatoms. The lowest BCUT2D eigenvalue weighted by Gasteiger charge is -2.29. The van der Waals surface area contributed by atoms with Crippen LogP contribution in [0.25, 0.3) is 11.4 Å². The number of nitrogens with zero attached hydrogens (tertiary/aromatic N) is 3. The number of halogens is 3. The van der Waals surface area contributed by atoms with E-state index < -0.39 is 11.7 Å². The second kappa shape index (κ2) is 8.78. The monoisotopic (exact) mass is 443 g/mol. The smallest absolute Gasteiger partial charge is 0.416 e. The van der Waals surface area contributed by atoms with Gasteiger partial charge in [0.15, 0.2) is 5.82 Å². The fraction of sp³-hybridized carbons (Fsp3) is 0.333. The van der Waals surface area contributed by atoms with E-state index in [1.54, 1.807) is 20.4 Å². The molecule has 4 rings (SSSR count). The molecule has 0 atom stereocenters. The minimum atomic E-state index is -4.36. The van der Waals surface area contributed by atoms with E-state index in [0.29, 0.717) is 17.9 Å². The number of benzene rings is 2. The summed E-state index contributed by atoms with van der Waals surface area (Å²) in [6.45, 7) is 4.26. The van der Waals surface area contributed by atoms with Crippen LogP contribution in [0.1, 0.15) is 27.9 Å². The summed E-state index contributed by atoms with van der Waals surface area (Å²) < 4.78 is 49.3. The van der Waals surface area contributed by atoms with Crippen LogP contribution in [0.2, 0.25) is 0 Å². The molecular weight excluding hydrogens is 419 g/mol. The van der Waals surface area contributed by atoms with Gasteiger partial charge in [0.1, 0.15) is 11.5 Å². The minimum Gasteiger partial charge on any atom is -0.497 e. The first kappa shape index (κ1) is 22.1. The van der Waals surface area contributed by atoms with Crippen molar-refractivity contribution in [1.82, 2.24) is 14.9 Å². The van der Waals surface area contributed by atoms with E-state index in [0.717, 1.165) is 65.5 Å². The van der Waals surface area contributed by atoms with Crippen LogP contribution in [0, 0.1) is 6.92 Å². The molecule has 2 heterocycles. The molecule has 0 amide bonds. The highest BCUT2D eigenvalue weighted by Crippen LogP contribution is 2.32. The highest BCUT2D eigenvalue weighted by Gasteiger charge is 2.30. The molecule has 2 aromatic carbocycles. The Kier molecular flexibility index (Phi) is 6.06. The van der Waals surface area contributed by atoms with E-state index in [9.17, 15) is 13.2 Å². The topological polar surface area (TPSA) is 47.5 Å². The molecule has 0 aliphatic carbocycles. The van der Waals surface area contributed by atoms with Crippen molar-refractivity contribution in [3.8, 4) is 22.9 Å². The Bertz CT molecular complexity index is 1110. The number of aryl methyl sites for hydroxylation is 1. The third kappa shape index (κ3) is 4.55. The van der Waals surface area contributed by atoms with Crippen LogP contribution in [-0.4, -0.2) is 35.6 Å². The molecule has 0 bridgehead atoms. The zero-order valence-electron chi connectivity index (χ0n) is 18.2. The van der Waals surface area contributed by atoms with Gasteiger partial charge in [-0.1, -0.05) is 12.1 Å². The lowest BCUT2D eigenvalue weighted by Crippen LogP contribution is -2.31. The molecule has 5 nitrogen and oxygen atoms in total. The van der Waals surface area contributed by atoms with Gasteiger partial charge in [0.05, 0.1) is 25.5 Å². The number of hydrogen-bond donors (Lipinski definition) is 0. The third-order valence-corrected chi connectivity index (χ3v) is 5.73. The predicted octanol–water partition coefficient (Wildman–Crippen LogP) is 5.05. The molecule has 3 aromatic rings. The molecule has 0 spiro atoms. The van der Waals surface area contributed by atoms with Crippen molar-refractivity contribution in [3.63, 3.8) is 0 Å². The van der Waals surface area contributed by atoms with Crippen molar-refractivity contribution < 1.29 is 22.6 Å². The fourth-order valence-corrected chi connectivity index (χ4v) is 3.94. The Hall–Kier alpha value is -3.13. The van der Waals surface area contributed by atoms with Gasteiger partial charge >= 0.3 is 6.18 Å². The number of ether oxygens (including phenoxy) is 2. The van der Waals surface area contributed by atoms with E-state index >= 15 is 0 Å². The standard InChI is InChI=1S/C24H24F3N3O2/c1-15-10-19(31-2)11-22(32-3)20(15)14-30-9-8-21-17(13-30)12-28-23(29-21)16-4-6-18(7-5-16)24(25,26)27/h4-7,10-12H,8-9,13-14H2,1-3H3. The summed E-state index contributed by atoms with van der Waals surface area (Å²) in [5.41, 5.74) is 4.06. The number of methoxy groups -OCH3 is 2. The van der Waals surface area contributed by atoms with Crippen molar-refractivity contribution in [2.75, 3.05) is 20.8 Å². The molecule has 0 fully saturated rings. The largest absolute Gasteiger partial charge is 0.497 e. The van der Waals surface area contributed by atoms with Crippen LogP contribution in [0.4, 0.5) is 13.2 Å². The van der Waals surface area contributed by atoms with Crippen molar-refractivity contribution in [2.24, 2.45) is 0 Å². The molecule has 32 heavy (non-hydrogen) atoms. The number of aromatic nitrogens is 2. The fourth-order valence-electron chi connectivity index (χ4n) is 3.94. The van der Waals surface area contributed by atoms with E-state index in [2.05, 4.69) is 14.9 Å². The van der Waals surface area contributed by atoms with Crippen molar-refractivity contribution >= 4 is 0 Å². The maximum atomic E-state index is 12.8. The van der Waals surface area contributed by atoms with E-state index in [-0.39, 0.29) is 0 Å². The van der Waals surface area contributed by atoms with Gasteiger partial charge < -0.3 is 9.47 Å². The lowest BCUT2D eigenvalue weighted by atomic mass is 10.0. The van der Waals surface area contributed by atoms with Crippen molar-refractivity contribution in [3.05, 3.63) is 70.5 Å². The average molecular weight is 443 g/mol. The molecule has 0 radical (unpaired) electrons. The molecule has 168 valence electrons. The van der Waals surface area contributed by atoms with Gasteiger partial charge in [0.25, 0.3) is 0 Å². The third-order valence-electron chi connectivity index (χ3n) is 5.73. The first-order valence-electron chi connectivity index (χ1n) is 10.2. The van der Waals surface area contributed by atoms with Crippen LogP contribution in [0.3, 0.4) is 0 Å². The molecule has 0 saturated heterocycles. The van der Waals surface area contributed by atoms with Crippen LogP contribution >= 0.6 is 0 Å². The molecule has 0 saturated carbocycles. The minimum absolute atomic E-state index is 0.443. The van der Waals surface area contributed by atoms with Gasteiger partial charge in [-0.3, -0.25) is 4.90 Å². The normalized spacial score (nSPS) is 14.2. The molecular formula is C24H24F3N3O2. The summed E-state index contributed by atoms with van der Waals surface area (Å²) >= 11 is 0. The highest BCUT2D eigenvalue weighted by atomic mass is 19.4. The number of alkyl halides is 3. The second-order valence-electron chi connectivity index (χ2n) is 7.83. The Morgan fingerprint density at radius 1 is 1.06 bits per heavy atom. The van der Waals surface area contributed by atoms with Crippen LogP contribution < -0.4 is 9.47 Å². The summed E-state index contributed by atoms with van der Waals surface area (Å²) in [6.07, 6.45) is -1.84. The van der Waals surface area contributed by atoms with E-state index in [4.69, 9.17) is 9.47 Å². The van der Waals surface area contributed by atoms with Crippen molar-refractivity contribution in [1.29, 1.82) is 0 Å². The van der Waals surface area contributed by atoms with Crippen LogP contribution in [-0.2, 0) is 25.7 Å². The Morgan fingerprint density at radius 3 is 2.47 bits per heavy atom. The quantitative estimate of drug-likeness (QED) is 0.553. The molecule has 0 unspecified atom stereocenters. The number of fused-ring (bicyclic) bond motifs is 1. The van der Waals surface area contributed by atoms with Crippen LogP contribution in [0.5, 0.6) is 11.5 Å². The number of rotatable bonds is 5. The summed E-state index contributed by atoms with van der Waals surface area (Å²) in [5.74, 6) is 2.00. The average Bonchev–Trinajstić information content (AvgIpc) is 2.79. The molecule has 1 aliphatic heterocycles. The van der Waals surface area contributed by atoms with Crippen molar-refractivity contribution in [2.45, 2.75) is 32.6 Å². The van der Waals surface area contributed by atoms with Gasteiger partial charge in [-0.2, -0.15) is 13.2 Å². The lowest BCUT2D eigenvalue weighted by molar-refractivity contribution is -0.137. The maximum Gasteiger partial charge on any atom is 0.416 e.